The zero-order chi connectivity index (χ0) is 20.3. The van der Waals surface area contributed by atoms with Crippen molar-refractivity contribution < 1.29 is 17.9 Å². The van der Waals surface area contributed by atoms with Crippen molar-refractivity contribution in [2.45, 2.75) is 25.6 Å². The Morgan fingerprint density at radius 2 is 1.74 bits per heavy atom. The second kappa shape index (κ2) is 6.17. The standard InChI is InChI=1S/C17H13Cl2F3N2O3/c1-16(2)5-4-8-9(18)6-10(19)13(14(8)27-16)24-12(25)7-11(17(20,21)22)23(3)15(24)26/h4-7H,1-3H3. The van der Waals surface area contributed by atoms with E-state index in [2.05, 4.69) is 0 Å². The first kappa shape index (κ1) is 19.6. The van der Waals surface area contributed by atoms with Crippen LogP contribution in [-0.2, 0) is 13.2 Å². The van der Waals surface area contributed by atoms with E-state index < -0.39 is 28.7 Å². The maximum atomic E-state index is 13.1. The quantitative estimate of drug-likeness (QED) is 0.699. The second-order valence-corrected chi connectivity index (χ2v) is 7.33. The minimum Gasteiger partial charge on any atom is -0.481 e. The summed E-state index contributed by atoms with van der Waals surface area (Å²) in [4.78, 5) is 25.0. The highest BCUT2D eigenvalue weighted by molar-refractivity contribution is 6.37. The van der Waals surface area contributed by atoms with Gasteiger partial charge in [-0.3, -0.25) is 9.36 Å². The lowest BCUT2D eigenvalue weighted by molar-refractivity contribution is -0.144. The van der Waals surface area contributed by atoms with E-state index in [4.69, 9.17) is 27.9 Å². The van der Waals surface area contributed by atoms with Gasteiger partial charge in [-0.25, -0.2) is 9.36 Å². The number of rotatable bonds is 1. The van der Waals surface area contributed by atoms with Gasteiger partial charge in [0.25, 0.3) is 5.56 Å². The van der Waals surface area contributed by atoms with Crippen molar-refractivity contribution in [2.75, 3.05) is 0 Å². The van der Waals surface area contributed by atoms with Crippen LogP contribution in [-0.4, -0.2) is 14.7 Å². The topological polar surface area (TPSA) is 53.2 Å². The zero-order valence-electron chi connectivity index (χ0n) is 14.3. The van der Waals surface area contributed by atoms with Gasteiger partial charge in [-0.05, 0) is 32.1 Å². The molecule has 0 unspecified atom stereocenters. The van der Waals surface area contributed by atoms with Crippen LogP contribution in [0.4, 0.5) is 13.2 Å². The summed E-state index contributed by atoms with van der Waals surface area (Å²) in [7, 11) is 0.919. The Kier molecular flexibility index (Phi) is 4.47. The van der Waals surface area contributed by atoms with Crippen molar-refractivity contribution in [3.05, 3.63) is 60.3 Å². The summed E-state index contributed by atoms with van der Waals surface area (Å²) < 4.78 is 45.9. The highest BCUT2D eigenvalue weighted by atomic mass is 35.5. The minimum atomic E-state index is -4.86. The van der Waals surface area contributed by atoms with Crippen LogP contribution in [0, 0.1) is 0 Å². The van der Waals surface area contributed by atoms with Gasteiger partial charge in [-0.15, -0.1) is 0 Å². The van der Waals surface area contributed by atoms with Crippen LogP contribution in [0.25, 0.3) is 11.8 Å². The van der Waals surface area contributed by atoms with Gasteiger partial charge in [-0.2, -0.15) is 13.2 Å². The largest absolute Gasteiger partial charge is 0.481 e. The highest BCUT2D eigenvalue weighted by Crippen LogP contribution is 2.43. The Labute approximate surface area is 161 Å². The van der Waals surface area contributed by atoms with E-state index in [0.29, 0.717) is 20.8 Å². The van der Waals surface area contributed by atoms with Gasteiger partial charge in [0.05, 0.1) is 10.0 Å². The molecule has 1 aliphatic rings. The van der Waals surface area contributed by atoms with Gasteiger partial charge in [0, 0.05) is 18.7 Å². The number of ether oxygens (including phenoxy) is 1. The molecule has 1 aromatic heterocycles. The highest BCUT2D eigenvalue weighted by Gasteiger charge is 2.36. The molecule has 0 saturated carbocycles. The molecule has 0 bridgehead atoms. The van der Waals surface area contributed by atoms with E-state index in [-0.39, 0.29) is 21.5 Å². The monoisotopic (exact) mass is 420 g/mol. The lowest BCUT2D eigenvalue weighted by Crippen LogP contribution is -2.41. The van der Waals surface area contributed by atoms with Crippen LogP contribution in [0.5, 0.6) is 5.75 Å². The summed E-state index contributed by atoms with van der Waals surface area (Å²) in [6.07, 6.45) is -1.51. The molecule has 0 fully saturated rings. The maximum absolute atomic E-state index is 13.1. The van der Waals surface area contributed by atoms with E-state index in [1.54, 1.807) is 26.0 Å². The van der Waals surface area contributed by atoms with Crippen LogP contribution >= 0.6 is 23.2 Å². The third-order valence-electron chi connectivity index (χ3n) is 4.05. The summed E-state index contributed by atoms with van der Waals surface area (Å²) in [6.45, 7) is 3.44. The Bertz CT molecular complexity index is 1100. The average Bonchev–Trinajstić information content (AvgIpc) is 2.51. The molecule has 1 aliphatic heterocycles. The van der Waals surface area contributed by atoms with Crippen LogP contribution in [0.1, 0.15) is 25.1 Å². The molecule has 1 aromatic carbocycles. The van der Waals surface area contributed by atoms with Crippen LogP contribution in [0.2, 0.25) is 10.0 Å². The van der Waals surface area contributed by atoms with Crippen molar-refractivity contribution in [1.82, 2.24) is 9.13 Å². The number of nitrogens with zero attached hydrogens (tertiary/aromatic N) is 2. The number of fused-ring (bicyclic) bond motifs is 1. The van der Waals surface area contributed by atoms with Crippen molar-refractivity contribution in [3.8, 4) is 11.4 Å². The number of halogens is 5. The molecule has 0 amide bonds. The normalized spacial score (nSPS) is 15.4. The van der Waals surface area contributed by atoms with Crippen LogP contribution in [0.15, 0.2) is 27.8 Å². The third-order valence-corrected chi connectivity index (χ3v) is 4.65. The van der Waals surface area contributed by atoms with E-state index in [9.17, 15) is 22.8 Å². The van der Waals surface area contributed by atoms with Gasteiger partial charge < -0.3 is 4.74 Å². The van der Waals surface area contributed by atoms with E-state index in [1.807, 2.05) is 0 Å². The molecule has 27 heavy (non-hydrogen) atoms. The van der Waals surface area contributed by atoms with E-state index in [1.165, 1.54) is 6.07 Å². The third kappa shape index (κ3) is 3.27. The predicted molar refractivity (Wildman–Crippen MR) is 96.0 cm³/mol. The number of alkyl halides is 3. The molecule has 2 heterocycles. The van der Waals surface area contributed by atoms with Crippen molar-refractivity contribution in [3.63, 3.8) is 0 Å². The molecule has 10 heteroatoms. The Balaban J connectivity index is 2.41. The minimum absolute atomic E-state index is 0.0407. The zero-order valence-corrected chi connectivity index (χ0v) is 15.8. The molecule has 0 atom stereocenters. The first-order valence-corrected chi connectivity index (χ1v) is 8.40. The lowest BCUT2D eigenvalue weighted by atomic mass is 10.0. The second-order valence-electron chi connectivity index (χ2n) is 6.51. The van der Waals surface area contributed by atoms with Gasteiger partial charge >= 0.3 is 11.9 Å². The summed E-state index contributed by atoms with van der Waals surface area (Å²) in [5.74, 6) is 0.0407. The number of aromatic nitrogens is 2. The Morgan fingerprint density at radius 1 is 1.11 bits per heavy atom. The van der Waals surface area contributed by atoms with Gasteiger partial charge in [0.1, 0.15) is 17.0 Å². The molecule has 3 rings (SSSR count). The first-order chi connectivity index (χ1) is 12.3. The first-order valence-electron chi connectivity index (χ1n) is 7.64. The molecule has 5 nitrogen and oxygen atoms in total. The predicted octanol–water partition coefficient (Wildman–Crippen LogP) is 4.05. The SMILES string of the molecule is Cn1c(C(F)(F)F)cc(=O)n(-c2c(Cl)cc(Cl)c3c2OC(C)(C)C=C3)c1=O. The van der Waals surface area contributed by atoms with Crippen LogP contribution in [0.3, 0.4) is 0 Å². The lowest BCUT2D eigenvalue weighted by Gasteiger charge is -2.30. The smallest absolute Gasteiger partial charge is 0.431 e. The molecule has 2 aromatic rings. The molecule has 0 spiro atoms. The van der Waals surface area contributed by atoms with Crippen LogP contribution < -0.4 is 16.0 Å². The van der Waals surface area contributed by atoms with Gasteiger partial charge in [-0.1, -0.05) is 23.2 Å². The van der Waals surface area contributed by atoms with Gasteiger partial charge in [0.15, 0.2) is 5.75 Å². The van der Waals surface area contributed by atoms with Crippen molar-refractivity contribution >= 4 is 29.3 Å². The van der Waals surface area contributed by atoms with E-state index >= 15 is 0 Å². The summed E-state index contributed by atoms with van der Waals surface area (Å²) in [6, 6.07) is 1.63. The molecule has 0 N–H and O–H groups in total. The number of benzene rings is 1. The van der Waals surface area contributed by atoms with Crippen molar-refractivity contribution in [1.29, 1.82) is 0 Å². The molecule has 144 valence electrons. The van der Waals surface area contributed by atoms with Gasteiger partial charge in [0.2, 0.25) is 0 Å². The Hall–Kier alpha value is -2.19. The molecular weight excluding hydrogens is 408 g/mol. The fourth-order valence-corrected chi connectivity index (χ4v) is 3.35. The summed E-state index contributed by atoms with van der Waals surface area (Å²) in [5, 5.41) is 0.103. The molecular formula is C17H13Cl2F3N2O3. The summed E-state index contributed by atoms with van der Waals surface area (Å²) in [5.41, 5.74) is -4.37. The van der Waals surface area contributed by atoms with E-state index in [0.717, 1.165) is 7.05 Å². The number of hydrogen-bond acceptors (Lipinski definition) is 3. The number of hydrogen-bond donors (Lipinski definition) is 0. The van der Waals surface area contributed by atoms with Crippen molar-refractivity contribution in [2.24, 2.45) is 7.05 Å². The maximum Gasteiger partial charge on any atom is 0.431 e. The molecule has 0 aliphatic carbocycles. The molecule has 0 saturated heterocycles. The fraction of sp³-hybridized carbons (Fsp3) is 0.294. The average molecular weight is 421 g/mol. The summed E-state index contributed by atoms with van der Waals surface area (Å²) >= 11 is 12.4. The molecule has 0 radical (unpaired) electrons. The fourth-order valence-electron chi connectivity index (χ4n) is 2.75. The Morgan fingerprint density at radius 3 is 2.33 bits per heavy atom.